The Morgan fingerprint density at radius 3 is 3.08 bits per heavy atom. The predicted octanol–water partition coefficient (Wildman–Crippen LogP) is 2.88. The number of carbonyl (C=O) groups excluding carboxylic acids is 1. The van der Waals surface area contributed by atoms with Gasteiger partial charge in [-0.05, 0) is 37.2 Å². The Kier molecular flexibility index (Phi) is 1.90. The Bertz CT molecular complexity index is 298. The van der Waals surface area contributed by atoms with Gasteiger partial charge in [-0.25, -0.2) is 0 Å². The van der Waals surface area contributed by atoms with Crippen LogP contribution < -0.4 is 0 Å². The van der Waals surface area contributed by atoms with E-state index in [9.17, 15) is 4.79 Å². The summed E-state index contributed by atoms with van der Waals surface area (Å²) in [6.07, 6.45) is 9.26. The van der Waals surface area contributed by atoms with Crippen molar-refractivity contribution in [3.05, 3.63) is 23.8 Å². The van der Waals surface area contributed by atoms with Crippen LogP contribution in [0.4, 0.5) is 0 Å². The number of rotatable bonds is 0. The monoisotopic (exact) mass is 176 g/mol. The van der Waals surface area contributed by atoms with Crippen LogP contribution >= 0.6 is 0 Å². The summed E-state index contributed by atoms with van der Waals surface area (Å²) in [5.41, 5.74) is 1.67. The minimum absolute atomic E-state index is 0.257. The van der Waals surface area contributed by atoms with E-state index in [2.05, 4.69) is 26.0 Å². The summed E-state index contributed by atoms with van der Waals surface area (Å²) < 4.78 is 0. The lowest BCUT2D eigenvalue weighted by Gasteiger charge is -2.41. The average Bonchev–Trinajstić information content (AvgIpc) is 2.08. The van der Waals surface area contributed by atoms with Crippen LogP contribution in [0.1, 0.15) is 33.1 Å². The number of carbonyl (C=O) groups is 1. The van der Waals surface area contributed by atoms with Gasteiger partial charge in [0.1, 0.15) is 0 Å². The largest absolute Gasteiger partial charge is 0.295 e. The quantitative estimate of drug-likeness (QED) is 0.519. The molecule has 2 aliphatic carbocycles. The van der Waals surface area contributed by atoms with Crippen molar-refractivity contribution in [1.29, 1.82) is 0 Å². The van der Waals surface area contributed by atoms with Crippen molar-refractivity contribution < 1.29 is 4.79 Å². The Morgan fingerprint density at radius 2 is 2.31 bits per heavy atom. The highest BCUT2D eigenvalue weighted by molar-refractivity contribution is 5.91. The lowest BCUT2D eigenvalue weighted by molar-refractivity contribution is -0.116. The fourth-order valence-corrected chi connectivity index (χ4v) is 2.59. The maximum atomic E-state index is 11.3. The maximum Gasteiger partial charge on any atom is 0.156 e. The van der Waals surface area contributed by atoms with Gasteiger partial charge in [0, 0.05) is 6.42 Å². The van der Waals surface area contributed by atoms with Crippen LogP contribution in [-0.4, -0.2) is 5.78 Å². The summed E-state index contributed by atoms with van der Waals surface area (Å²) in [5.74, 6) is 0.760. The third-order valence-electron chi connectivity index (χ3n) is 3.55. The number of ketones is 1. The average molecular weight is 176 g/mol. The first-order chi connectivity index (χ1) is 6.12. The van der Waals surface area contributed by atoms with Gasteiger partial charge in [-0.15, -0.1) is 0 Å². The van der Waals surface area contributed by atoms with Gasteiger partial charge in [0.05, 0.1) is 0 Å². The molecule has 0 heterocycles. The molecule has 0 aromatic rings. The normalized spacial score (nSPS) is 38.5. The molecule has 2 aliphatic rings. The van der Waals surface area contributed by atoms with Crippen LogP contribution in [0.15, 0.2) is 23.8 Å². The van der Waals surface area contributed by atoms with Crippen molar-refractivity contribution in [3.63, 3.8) is 0 Å². The van der Waals surface area contributed by atoms with E-state index in [1.54, 1.807) is 6.08 Å². The number of fused-ring (bicyclic) bond motifs is 1. The zero-order valence-corrected chi connectivity index (χ0v) is 8.34. The third kappa shape index (κ3) is 1.37. The highest BCUT2D eigenvalue weighted by Gasteiger charge is 2.38. The van der Waals surface area contributed by atoms with Crippen molar-refractivity contribution in [1.82, 2.24) is 0 Å². The van der Waals surface area contributed by atoms with Crippen molar-refractivity contribution >= 4 is 5.78 Å². The first-order valence-electron chi connectivity index (χ1n) is 5.00. The fraction of sp³-hybridized carbons (Fsp3) is 0.583. The van der Waals surface area contributed by atoms with E-state index < -0.39 is 0 Å². The molecule has 0 saturated heterocycles. The van der Waals surface area contributed by atoms with Crippen LogP contribution in [0.5, 0.6) is 0 Å². The topological polar surface area (TPSA) is 17.1 Å². The molecule has 0 aromatic heterocycles. The first-order valence-corrected chi connectivity index (χ1v) is 5.00. The Hall–Kier alpha value is -0.850. The molecule has 0 aliphatic heterocycles. The summed E-state index contributed by atoms with van der Waals surface area (Å²) in [6, 6.07) is 0. The summed E-state index contributed by atoms with van der Waals surface area (Å²) in [6.45, 7) is 4.44. The lowest BCUT2D eigenvalue weighted by atomic mass is 9.63. The van der Waals surface area contributed by atoms with E-state index in [0.29, 0.717) is 5.92 Å². The Morgan fingerprint density at radius 1 is 1.54 bits per heavy atom. The van der Waals surface area contributed by atoms with E-state index in [1.807, 2.05) is 0 Å². The van der Waals surface area contributed by atoms with Crippen LogP contribution in [-0.2, 0) is 4.79 Å². The molecule has 0 aromatic carbocycles. The highest BCUT2D eigenvalue weighted by Crippen LogP contribution is 2.46. The zero-order chi connectivity index (χ0) is 9.47. The molecule has 1 unspecified atom stereocenters. The molecule has 70 valence electrons. The third-order valence-corrected chi connectivity index (χ3v) is 3.55. The first kappa shape index (κ1) is 8.74. The molecule has 0 spiro atoms. The molecular formula is C12H16O. The van der Waals surface area contributed by atoms with E-state index in [0.717, 1.165) is 12.8 Å². The second-order valence-electron chi connectivity index (χ2n) is 4.55. The van der Waals surface area contributed by atoms with Crippen molar-refractivity contribution in [2.24, 2.45) is 11.3 Å². The van der Waals surface area contributed by atoms with Crippen LogP contribution in [0.3, 0.4) is 0 Å². The van der Waals surface area contributed by atoms with Gasteiger partial charge in [0.15, 0.2) is 5.78 Å². The SMILES string of the molecule is CC1=CCC[C@@]2(C)C=CC(=O)CC12. The zero-order valence-electron chi connectivity index (χ0n) is 8.34. The molecule has 0 radical (unpaired) electrons. The van der Waals surface area contributed by atoms with Gasteiger partial charge in [0.2, 0.25) is 0 Å². The minimum atomic E-state index is 0.257. The van der Waals surface area contributed by atoms with Gasteiger partial charge in [-0.2, -0.15) is 0 Å². The number of hydrogen-bond donors (Lipinski definition) is 0. The number of hydrogen-bond acceptors (Lipinski definition) is 1. The van der Waals surface area contributed by atoms with Crippen molar-refractivity contribution in [2.45, 2.75) is 33.1 Å². The van der Waals surface area contributed by atoms with Crippen LogP contribution in [0, 0.1) is 11.3 Å². The highest BCUT2D eigenvalue weighted by atomic mass is 16.1. The Labute approximate surface area is 79.5 Å². The summed E-state index contributed by atoms with van der Waals surface area (Å²) in [5, 5.41) is 0. The lowest BCUT2D eigenvalue weighted by Crippen LogP contribution is -2.33. The Balaban J connectivity index is 2.37. The fourth-order valence-electron chi connectivity index (χ4n) is 2.59. The molecule has 0 fully saturated rings. The predicted molar refractivity (Wildman–Crippen MR) is 53.4 cm³/mol. The van der Waals surface area contributed by atoms with E-state index >= 15 is 0 Å². The van der Waals surface area contributed by atoms with E-state index in [1.165, 1.54) is 12.0 Å². The second kappa shape index (κ2) is 2.83. The molecule has 0 amide bonds. The van der Waals surface area contributed by atoms with Crippen molar-refractivity contribution in [2.75, 3.05) is 0 Å². The van der Waals surface area contributed by atoms with E-state index in [-0.39, 0.29) is 11.2 Å². The summed E-state index contributed by atoms with van der Waals surface area (Å²) >= 11 is 0. The second-order valence-corrected chi connectivity index (χ2v) is 4.55. The maximum absolute atomic E-state index is 11.3. The van der Waals surface area contributed by atoms with Gasteiger partial charge in [0.25, 0.3) is 0 Å². The molecule has 2 atom stereocenters. The molecule has 1 heteroatoms. The number of allylic oxidation sites excluding steroid dienone is 4. The molecule has 2 rings (SSSR count). The van der Waals surface area contributed by atoms with Crippen LogP contribution in [0.25, 0.3) is 0 Å². The van der Waals surface area contributed by atoms with Gasteiger partial charge in [-0.1, -0.05) is 24.6 Å². The standard InChI is InChI=1S/C12H16O/c1-9-4-3-6-12(2)7-5-10(13)8-11(9)12/h4-5,7,11H,3,6,8H2,1-2H3/t11?,12-/m0/s1. The molecule has 0 bridgehead atoms. The summed E-state index contributed by atoms with van der Waals surface area (Å²) in [7, 11) is 0. The van der Waals surface area contributed by atoms with E-state index in [4.69, 9.17) is 0 Å². The molecular weight excluding hydrogens is 160 g/mol. The minimum Gasteiger partial charge on any atom is -0.295 e. The van der Waals surface area contributed by atoms with Gasteiger partial charge >= 0.3 is 0 Å². The smallest absolute Gasteiger partial charge is 0.156 e. The van der Waals surface area contributed by atoms with Crippen LogP contribution in [0.2, 0.25) is 0 Å². The van der Waals surface area contributed by atoms with Gasteiger partial charge in [-0.3, -0.25) is 4.79 Å². The van der Waals surface area contributed by atoms with Gasteiger partial charge < -0.3 is 0 Å². The molecule has 0 N–H and O–H groups in total. The molecule has 1 nitrogen and oxygen atoms in total. The van der Waals surface area contributed by atoms with Crippen molar-refractivity contribution in [3.8, 4) is 0 Å². The molecule has 13 heavy (non-hydrogen) atoms. The molecule has 0 saturated carbocycles. The summed E-state index contributed by atoms with van der Waals surface area (Å²) in [4.78, 5) is 11.3.